The molecule has 1 aliphatic rings. The number of imidazole rings is 1. The van der Waals surface area contributed by atoms with Crippen LogP contribution in [0, 0.1) is 0 Å². The first-order chi connectivity index (χ1) is 14.5. The molecule has 30 heavy (non-hydrogen) atoms. The van der Waals surface area contributed by atoms with E-state index in [1.807, 2.05) is 60.9 Å². The molecule has 1 aromatic heterocycles. The van der Waals surface area contributed by atoms with Crippen molar-refractivity contribution in [2.45, 2.75) is 32.3 Å². The molecule has 1 atom stereocenters. The van der Waals surface area contributed by atoms with Gasteiger partial charge in [-0.25, -0.2) is 4.98 Å². The van der Waals surface area contributed by atoms with Crippen molar-refractivity contribution in [3.63, 3.8) is 0 Å². The summed E-state index contributed by atoms with van der Waals surface area (Å²) in [6.45, 7) is 3.93. The van der Waals surface area contributed by atoms with E-state index in [0.717, 1.165) is 22.7 Å². The van der Waals surface area contributed by atoms with Gasteiger partial charge in [0, 0.05) is 18.4 Å². The lowest BCUT2D eigenvalue weighted by Crippen LogP contribution is -2.25. The lowest BCUT2D eigenvalue weighted by Gasteiger charge is -2.24. The van der Waals surface area contributed by atoms with Crippen LogP contribution in [-0.2, 0) is 4.79 Å². The number of hydrogen-bond donors (Lipinski definition) is 1. The molecule has 0 spiro atoms. The topological polar surface area (TPSA) is 74.6 Å². The molecule has 0 aliphatic carbocycles. The molecule has 0 saturated carbocycles. The van der Waals surface area contributed by atoms with Gasteiger partial charge in [0.25, 0.3) is 0 Å². The van der Waals surface area contributed by atoms with Gasteiger partial charge in [0.15, 0.2) is 11.5 Å². The summed E-state index contributed by atoms with van der Waals surface area (Å²) in [6, 6.07) is 13.4. The monoisotopic (exact) mass is 407 g/mol. The standard InChI is InChI=1S/C23H25N3O4/c1-14(2)30-20-10-15(8-9-19(20)29-4)18-12-21(27)25-23-22(18)24-13-26(23)16-6-5-7-17(11-16)28-3/h5-11,13-14,18H,12H2,1-4H3,(H,25,27)/t18-/m1/s1. The van der Waals surface area contributed by atoms with Crippen molar-refractivity contribution in [1.82, 2.24) is 9.55 Å². The van der Waals surface area contributed by atoms with Crippen LogP contribution in [0.15, 0.2) is 48.8 Å². The number of amides is 1. The fraction of sp³-hybridized carbons (Fsp3) is 0.304. The summed E-state index contributed by atoms with van der Waals surface area (Å²) in [5, 5.41) is 2.98. The number of carbonyl (C=O) groups excluding carboxylic acids is 1. The SMILES string of the molecule is COc1cccc(-n2cnc3c2NC(=O)C[C@@H]3c2ccc(OC)c(OC(C)C)c2)c1. The predicted molar refractivity (Wildman–Crippen MR) is 114 cm³/mol. The fourth-order valence-electron chi connectivity index (χ4n) is 3.69. The van der Waals surface area contributed by atoms with Crippen LogP contribution in [0.25, 0.3) is 5.69 Å². The van der Waals surface area contributed by atoms with Gasteiger partial charge in [-0.15, -0.1) is 0 Å². The summed E-state index contributed by atoms with van der Waals surface area (Å²) < 4.78 is 18.5. The van der Waals surface area contributed by atoms with Gasteiger partial charge in [0.2, 0.25) is 5.91 Å². The van der Waals surface area contributed by atoms with Crippen molar-refractivity contribution in [3.8, 4) is 22.9 Å². The van der Waals surface area contributed by atoms with E-state index < -0.39 is 0 Å². The molecular formula is C23H25N3O4. The van der Waals surface area contributed by atoms with Crippen LogP contribution in [0.4, 0.5) is 5.82 Å². The zero-order chi connectivity index (χ0) is 21.3. The third kappa shape index (κ3) is 3.70. The quantitative estimate of drug-likeness (QED) is 0.664. The van der Waals surface area contributed by atoms with Crippen molar-refractivity contribution in [1.29, 1.82) is 0 Å². The van der Waals surface area contributed by atoms with Gasteiger partial charge in [0.1, 0.15) is 17.9 Å². The number of hydrogen-bond acceptors (Lipinski definition) is 5. The molecule has 2 aromatic carbocycles. The van der Waals surface area contributed by atoms with Crippen LogP contribution >= 0.6 is 0 Å². The number of ether oxygens (including phenoxy) is 3. The van der Waals surface area contributed by atoms with E-state index in [9.17, 15) is 4.79 Å². The maximum Gasteiger partial charge on any atom is 0.226 e. The van der Waals surface area contributed by atoms with Gasteiger partial charge in [0.05, 0.1) is 31.7 Å². The maximum absolute atomic E-state index is 12.6. The minimum absolute atomic E-state index is 0.00614. The number of anilines is 1. The second-order valence-corrected chi connectivity index (χ2v) is 7.43. The molecule has 0 radical (unpaired) electrons. The van der Waals surface area contributed by atoms with Gasteiger partial charge in [-0.05, 0) is 43.7 Å². The van der Waals surface area contributed by atoms with E-state index in [0.29, 0.717) is 23.7 Å². The number of nitrogens with zero attached hydrogens (tertiary/aromatic N) is 2. The lowest BCUT2D eigenvalue weighted by atomic mass is 9.89. The van der Waals surface area contributed by atoms with Crippen LogP contribution < -0.4 is 19.5 Å². The molecule has 1 N–H and O–H groups in total. The summed E-state index contributed by atoms with van der Waals surface area (Å²) in [6.07, 6.45) is 2.05. The first-order valence-electron chi connectivity index (χ1n) is 9.86. The first kappa shape index (κ1) is 19.8. The summed E-state index contributed by atoms with van der Waals surface area (Å²) in [5.74, 6) is 2.49. The Morgan fingerprint density at radius 1 is 1.10 bits per heavy atom. The highest BCUT2D eigenvalue weighted by Gasteiger charge is 2.31. The number of carbonyl (C=O) groups is 1. The van der Waals surface area contributed by atoms with Gasteiger partial charge in [-0.1, -0.05) is 12.1 Å². The van der Waals surface area contributed by atoms with Gasteiger partial charge in [-0.3, -0.25) is 9.36 Å². The number of methoxy groups -OCH3 is 2. The third-order valence-electron chi connectivity index (χ3n) is 5.06. The van der Waals surface area contributed by atoms with Crippen molar-refractivity contribution in [2.24, 2.45) is 0 Å². The van der Waals surface area contributed by atoms with Crippen LogP contribution in [0.1, 0.15) is 37.4 Å². The van der Waals surface area contributed by atoms with Crippen molar-refractivity contribution < 1.29 is 19.0 Å². The normalized spacial score (nSPS) is 15.5. The summed E-state index contributed by atoms with van der Waals surface area (Å²) >= 11 is 0. The molecular weight excluding hydrogens is 382 g/mol. The van der Waals surface area contributed by atoms with Crippen molar-refractivity contribution in [3.05, 3.63) is 60.0 Å². The number of rotatable bonds is 6. The predicted octanol–water partition coefficient (Wildman–Crippen LogP) is 4.15. The molecule has 0 saturated heterocycles. The Hall–Kier alpha value is -3.48. The van der Waals surface area contributed by atoms with Crippen molar-refractivity contribution >= 4 is 11.7 Å². The smallest absolute Gasteiger partial charge is 0.226 e. The minimum Gasteiger partial charge on any atom is -0.497 e. The number of fused-ring (bicyclic) bond motifs is 1. The minimum atomic E-state index is -0.180. The Morgan fingerprint density at radius 2 is 1.93 bits per heavy atom. The van der Waals surface area contributed by atoms with Crippen molar-refractivity contribution in [2.75, 3.05) is 19.5 Å². The second-order valence-electron chi connectivity index (χ2n) is 7.43. The Morgan fingerprint density at radius 3 is 2.67 bits per heavy atom. The van der Waals surface area contributed by atoms with E-state index in [1.165, 1.54) is 0 Å². The zero-order valence-electron chi connectivity index (χ0n) is 17.5. The summed E-state index contributed by atoms with van der Waals surface area (Å²) in [5.41, 5.74) is 2.64. The Kier molecular flexibility index (Phi) is 5.35. The second kappa shape index (κ2) is 8.10. The highest BCUT2D eigenvalue weighted by molar-refractivity contribution is 5.94. The van der Waals surface area contributed by atoms with Crippen LogP contribution in [-0.4, -0.2) is 35.8 Å². The first-order valence-corrected chi connectivity index (χ1v) is 9.86. The average Bonchev–Trinajstić information content (AvgIpc) is 3.16. The van der Waals surface area contributed by atoms with Gasteiger partial charge >= 0.3 is 0 Å². The number of nitrogens with one attached hydrogen (secondary N) is 1. The highest BCUT2D eigenvalue weighted by Crippen LogP contribution is 2.40. The molecule has 4 rings (SSSR count). The number of aromatic nitrogens is 2. The molecule has 7 heteroatoms. The molecule has 0 unspecified atom stereocenters. The Balaban J connectivity index is 1.76. The van der Waals surface area contributed by atoms with E-state index in [-0.39, 0.29) is 17.9 Å². The molecule has 0 fully saturated rings. The summed E-state index contributed by atoms with van der Waals surface area (Å²) in [7, 11) is 3.24. The molecule has 3 aromatic rings. The van der Waals surface area contributed by atoms with E-state index in [2.05, 4.69) is 10.3 Å². The maximum atomic E-state index is 12.6. The summed E-state index contributed by atoms with van der Waals surface area (Å²) in [4.78, 5) is 17.2. The average molecular weight is 407 g/mol. The Labute approximate surface area is 175 Å². The molecule has 1 amide bonds. The molecule has 0 bridgehead atoms. The highest BCUT2D eigenvalue weighted by atomic mass is 16.5. The molecule has 1 aliphatic heterocycles. The van der Waals surface area contributed by atoms with E-state index >= 15 is 0 Å². The van der Waals surface area contributed by atoms with Crippen LogP contribution in [0.3, 0.4) is 0 Å². The van der Waals surface area contributed by atoms with Gasteiger partial charge < -0.3 is 19.5 Å². The third-order valence-corrected chi connectivity index (χ3v) is 5.06. The lowest BCUT2D eigenvalue weighted by molar-refractivity contribution is -0.116. The number of benzene rings is 2. The van der Waals surface area contributed by atoms with Crippen LogP contribution in [0.5, 0.6) is 17.2 Å². The fourth-order valence-corrected chi connectivity index (χ4v) is 3.69. The molecule has 7 nitrogen and oxygen atoms in total. The molecule has 2 heterocycles. The van der Waals surface area contributed by atoms with E-state index in [4.69, 9.17) is 14.2 Å². The molecule has 156 valence electrons. The van der Waals surface area contributed by atoms with E-state index in [1.54, 1.807) is 20.5 Å². The van der Waals surface area contributed by atoms with Gasteiger partial charge in [-0.2, -0.15) is 0 Å². The Bertz CT molecular complexity index is 1070. The van der Waals surface area contributed by atoms with Crippen LogP contribution in [0.2, 0.25) is 0 Å². The largest absolute Gasteiger partial charge is 0.497 e. The zero-order valence-corrected chi connectivity index (χ0v) is 17.5.